The molecule has 1 heterocycles. The first kappa shape index (κ1) is 15.9. The van der Waals surface area contributed by atoms with E-state index in [9.17, 15) is 19.7 Å². The van der Waals surface area contributed by atoms with Crippen molar-refractivity contribution in [3.8, 4) is 6.07 Å². The number of hydrogen-bond donors (Lipinski definition) is 0. The zero-order valence-electron chi connectivity index (χ0n) is 14.1. The highest BCUT2D eigenvalue weighted by atomic mass is 16.6. The SMILES string of the molecule is N#Cc1ccc(/C=N\N2C(=O)[C@@H]3[C@@H](C2=O)[C@H]2C=C[C@H]3C23CC3)c([N+](=O)[O-])c1. The fourth-order valence-corrected chi connectivity index (χ4v) is 5.18. The number of rotatable bonds is 3. The van der Waals surface area contributed by atoms with Gasteiger partial charge in [-0.1, -0.05) is 12.2 Å². The zero-order chi connectivity index (χ0) is 18.9. The Balaban J connectivity index is 1.45. The highest BCUT2D eigenvalue weighted by Crippen LogP contribution is 2.73. The number of hydrogen-bond acceptors (Lipinski definition) is 6. The Kier molecular flexibility index (Phi) is 3.00. The Labute approximate surface area is 153 Å². The average Bonchev–Trinajstić information content (AvgIpc) is 3.26. The van der Waals surface area contributed by atoms with Gasteiger partial charge in [0.25, 0.3) is 17.5 Å². The lowest BCUT2D eigenvalue weighted by molar-refractivity contribution is -0.385. The molecule has 4 aliphatic rings. The number of nitro groups is 1. The molecule has 2 amide bonds. The Morgan fingerprint density at radius 3 is 2.37 bits per heavy atom. The van der Waals surface area contributed by atoms with Gasteiger partial charge in [0.2, 0.25) is 0 Å². The van der Waals surface area contributed by atoms with Gasteiger partial charge in [-0.3, -0.25) is 19.7 Å². The van der Waals surface area contributed by atoms with Gasteiger partial charge >= 0.3 is 0 Å². The summed E-state index contributed by atoms with van der Waals surface area (Å²) in [6.45, 7) is 0. The summed E-state index contributed by atoms with van der Waals surface area (Å²) in [5.41, 5.74) is 0.105. The van der Waals surface area contributed by atoms with E-state index in [1.165, 1.54) is 12.1 Å². The van der Waals surface area contributed by atoms with Crippen molar-refractivity contribution in [3.05, 3.63) is 51.6 Å². The van der Waals surface area contributed by atoms with Crippen LogP contribution in [0.4, 0.5) is 5.69 Å². The second-order valence-electron chi connectivity index (χ2n) is 7.60. The van der Waals surface area contributed by atoms with Gasteiger partial charge in [0.1, 0.15) is 0 Å². The molecule has 3 aliphatic carbocycles. The van der Waals surface area contributed by atoms with Gasteiger partial charge in [0, 0.05) is 6.07 Å². The van der Waals surface area contributed by atoms with E-state index in [2.05, 4.69) is 17.3 Å². The number of imide groups is 1. The number of allylic oxidation sites excluding steroid dienone is 2. The van der Waals surface area contributed by atoms with Crippen LogP contribution in [0.15, 0.2) is 35.5 Å². The van der Waals surface area contributed by atoms with Crippen molar-refractivity contribution >= 4 is 23.7 Å². The van der Waals surface area contributed by atoms with Crippen LogP contribution < -0.4 is 0 Å². The number of carbonyl (C=O) groups is 2. The fourth-order valence-electron chi connectivity index (χ4n) is 5.18. The Hall–Kier alpha value is -3.34. The first-order valence-electron chi connectivity index (χ1n) is 8.76. The van der Waals surface area contributed by atoms with E-state index in [4.69, 9.17) is 5.26 Å². The van der Waals surface area contributed by atoms with E-state index in [0.717, 1.165) is 30.1 Å². The van der Waals surface area contributed by atoms with Crippen LogP contribution in [0.2, 0.25) is 0 Å². The summed E-state index contributed by atoms with van der Waals surface area (Å²) in [6.07, 6.45) is 7.41. The highest BCUT2D eigenvalue weighted by Gasteiger charge is 2.73. The highest BCUT2D eigenvalue weighted by molar-refractivity contribution is 6.07. The number of carbonyl (C=O) groups excluding carboxylic acids is 2. The smallest absolute Gasteiger partial charge is 0.272 e. The summed E-state index contributed by atoms with van der Waals surface area (Å²) >= 11 is 0. The van der Waals surface area contributed by atoms with E-state index in [1.807, 2.05) is 6.07 Å². The average molecular weight is 362 g/mol. The predicted octanol–water partition coefficient (Wildman–Crippen LogP) is 2.00. The molecule has 1 saturated heterocycles. The molecule has 1 aromatic rings. The van der Waals surface area contributed by atoms with E-state index in [-0.39, 0.29) is 57.7 Å². The number of nitriles is 1. The van der Waals surface area contributed by atoms with Gasteiger partial charge in [-0.25, -0.2) is 0 Å². The second kappa shape index (κ2) is 5.10. The van der Waals surface area contributed by atoms with Crippen molar-refractivity contribution in [1.82, 2.24) is 5.01 Å². The molecule has 8 heteroatoms. The van der Waals surface area contributed by atoms with Crippen molar-refractivity contribution in [3.63, 3.8) is 0 Å². The zero-order valence-corrected chi connectivity index (χ0v) is 14.1. The third-order valence-electron chi connectivity index (χ3n) is 6.50. The Morgan fingerprint density at radius 2 is 1.85 bits per heavy atom. The normalized spacial score (nSPS) is 31.7. The molecule has 0 radical (unpaired) electrons. The Bertz CT molecular complexity index is 983. The molecular formula is C19H14N4O4. The maximum absolute atomic E-state index is 12.8. The third kappa shape index (κ3) is 1.94. The lowest BCUT2D eigenvalue weighted by atomic mass is 9.85. The first-order chi connectivity index (χ1) is 13.0. The number of benzene rings is 1. The van der Waals surface area contributed by atoms with Crippen LogP contribution in [0.1, 0.15) is 24.0 Å². The van der Waals surface area contributed by atoms with E-state index >= 15 is 0 Å². The minimum Gasteiger partial charge on any atom is -0.272 e. The van der Waals surface area contributed by atoms with Gasteiger partial charge in [-0.2, -0.15) is 15.4 Å². The molecule has 134 valence electrons. The molecule has 2 saturated carbocycles. The molecule has 0 aromatic heterocycles. The van der Waals surface area contributed by atoms with Gasteiger partial charge in [0.05, 0.1) is 40.2 Å². The van der Waals surface area contributed by atoms with Crippen LogP contribution in [0.5, 0.6) is 0 Å². The van der Waals surface area contributed by atoms with E-state index in [0.29, 0.717) is 0 Å². The van der Waals surface area contributed by atoms with Crippen molar-refractivity contribution in [2.24, 2.45) is 34.2 Å². The fraction of sp³-hybridized carbons (Fsp3) is 0.368. The maximum Gasteiger partial charge on any atom is 0.279 e. The predicted molar refractivity (Wildman–Crippen MR) is 92.0 cm³/mol. The lowest BCUT2D eigenvalue weighted by Gasteiger charge is -2.18. The van der Waals surface area contributed by atoms with Crippen LogP contribution in [0.3, 0.4) is 0 Å². The van der Waals surface area contributed by atoms with Crippen molar-refractivity contribution in [2.45, 2.75) is 12.8 Å². The number of nitrogens with zero attached hydrogens (tertiary/aromatic N) is 4. The van der Waals surface area contributed by atoms with Crippen LogP contribution in [0, 0.1) is 50.5 Å². The molecule has 5 rings (SSSR count). The number of fused-ring (bicyclic) bond motifs is 3. The summed E-state index contributed by atoms with van der Waals surface area (Å²) in [4.78, 5) is 36.3. The molecule has 1 spiro atoms. The molecule has 0 unspecified atom stereocenters. The minimum atomic E-state index is -0.619. The number of amides is 2. The van der Waals surface area contributed by atoms with Crippen molar-refractivity contribution in [2.75, 3.05) is 0 Å². The molecule has 4 atom stereocenters. The quantitative estimate of drug-likeness (QED) is 0.268. The second-order valence-corrected chi connectivity index (χ2v) is 7.60. The molecule has 8 nitrogen and oxygen atoms in total. The van der Waals surface area contributed by atoms with Crippen LogP contribution in [0.25, 0.3) is 0 Å². The van der Waals surface area contributed by atoms with Gasteiger partial charge in [-0.15, -0.1) is 0 Å². The summed E-state index contributed by atoms with van der Waals surface area (Å²) < 4.78 is 0. The topological polar surface area (TPSA) is 117 Å². The van der Waals surface area contributed by atoms with Crippen molar-refractivity contribution in [1.29, 1.82) is 5.26 Å². The van der Waals surface area contributed by atoms with Gasteiger partial charge in [-0.05, 0) is 42.2 Å². The molecule has 1 aromatic carbocycles. The van der Waals surface area contributed by atoms with E-state index in [1.54, 1.807) is 0 Å². The standard InChI is InChI=1S/C19H14N4O4/c20-8-10-1-2-11(14(7-10)23(26)27)9-21-22-17(24)15-12-3-4-13(16(15)18(22)25)19(12)5-6-19/h1-4,7,9,12-13,15-16H,5-6H2/b21-9-/t12-,13-,15+,16+/m1/s1. The first-order valence-corrected chi connectivity index (χ1v) is 8.76. The van der Waals surface area contributed by atoms with Crippen molar-refractivity contribution < 1.29 is 14.5 Å². The summed E-state index contributed by atoms with van der Waals surface area (Å²) in [5, 5.41) is 25.0. The lowest BCUT2D eigenvalue weighted by Crippen LogP contribution is -2.30. The van der Waals surface area contributed by atoms with Crippen LogP contribution in [-0.2, 0) is 9.59 Å². The van der Waals surface area contributed by atoms with Gasteiger partial charge < -0.3 is 0 Å². The van der Waals surface area contributed by atoms with E-state index < -0.39 is 4.92 Å². The third-order valence-corrected chi connectivity index (χ3v) is 6.50. The van der Waals surface area contributed by atoms with Gasteiger partial charge in [0.15, 0.2) is 0 Å². The molecule has 27 heavy (non-hydrogen) atoms. The summed E-state index contributed by atoms with van der Waals surface area (Å²) in [6, 6.07) is 5.80. The minimum absolute atomic E-state index is 0.105. The molecule has 1 aliphatic heterocycles. The monoisotopic (exact) mass is 362 g/mol. The Morgan fingerprint density at radius 1 is 1.22 bits per heavy atom. The van der Waals surface area contributed by atoms with Crippen LogP contribution >= 0.6 is 0 Å². The largest absolute Gasteiger partial charge is 0.279 e. The summed E-state index contributed by atoms with van der Waals surface area (Å²) in [5.74, 6) is -1.14. The summed E-state index contributed by atoms with van der Waals surface area (Å²) in [7, 11) is 0. The maximum atomic E-state index is 12.8. The number of nitro benzene ring substituents is 1. The molecule has 2 bridgehead atoms. The molecular weight excluding hydrogens is 348 g/mol. The molecule has 3 fully saturated rings. The van der Waals surface area contributed by atoms with Crippen LogP contribution in [-0.4, -0.2) is 28.0 Å². The molecule has 0 N–H and O–H groups in total. The number of hydrazone groups is 1.